The van der Waals surface area contributed by atoms with Gasteiger partial charge >= 0.3 is 6.18 Å². The molecule has 0 saturated heterocycles. The highest BCUT2D eigenvalue weighted by Crippen LogP contribution is 2.30. The molecule has 0 radical (unpaired) electrons. The number of rotatable bonds is 3. The van der Waals surface area contributed by atoms with Crippen molar-refractivity contribution < 1.29 is 17.9 Å². The van der Waals surface area contributed by atoms with Gasteiger partial charge in [-0.05, 0) is 35.9 Å². The predicted molar refractivity (Wildman–Crippen MR) is 74.6 cm³/mol. The Morgan fingerprint density at radius 1 is 1.00 bits per heavy atom. The summed E-state index contributed by atoms with van der Waals surface area (Å²) in [6.45, 7) is 0.375. The van der Waals surface area contributed by atoms with Crippen molar-refractivity contribution in [3.8, 4) is 5.75 Å². The highest BCUT2D eigenvalue weighted by molar-refractivity contribution is 5.74. The molecule has 0 amide bonds. The summed E-state index contributed by atoms with van der Waals surface area (Å²) in [5.41, 5.74) is 0.860. The third-order valence-corrected chi connectivity index (χ3v) is 3.23. The fraction of sp³-hybridized carbons (Fsp3) is 0.200. The number of benzene rings is 2. The van der Waals surface area contributed by atoms with Gasteiger partial charge in [0.2, 0.25) is 0 Å². The molecular formula is C15H12F3N3O. The molecule has 0 fully saturated rings. The van der Waals surface area contributed by atoms with Crippen LogP contribution in [-0.4, -0.2) is 22.1 Å². The molecule has 114 valence electrons. The van der Waals surface area contributed by atoms with Crippen LogP contribution in [-0.2, 0) is 12.7 Å². The van der Waals surface area contributed by atoms with Crippen molar-refractivity contribution in [2.45, 2.75) is 12.7 Å². The number of nitrogens with zero attached hydrogens (tertiary/aromatic N) is 3. The Balaban J connectivity index is 1.88. The van der Waals surface area contributed by atoms with Crippen molar-refractivity contribution in [3.63, 3.8) is 0 Å². The highest BCUT2D eigenvalue weighted by atomic mass is 19.4. The predicted octanol–water partition coefficient (Wildman–Crippen LogP) is 3.51. The van der Waals surface area contributed by atoms with Crippen molar-refractivity contribution in [1.82, 2.24) is 15.0 Å². The summed E-state index contributed by atoms with van der Waals surface area (Å²) >= 11 is 0. The minimum atomic E-state index is -4.38. The molecule has 7 heteroatoms. The monoisotopic (exact) mass is 307 g/mol. The van der Waals surface area contributed by atoms with E-state index in [1.54, 1.807) is 19.2 Å². The van der Waals surface area contributed by atoms with E-state index in [0.29, 0.717) is 12.1 Å². The Bertz CT molecular complexity index is 794. The van der Waals surface area contributed by atoms with Gasteiger partial charge in [0.05, 0.1) is 19.2 Å². The van der Waals surface area contributed by atoms with E-state index in [4.69, 9.17) is 4.74 Å². The van der Waals surface area contributed by atoms with Gasteiger partial charge in [-0.1, -0.05) is 12.1 Å². The van der Waals surface area contributed by atoms with Gasteiger partial charge in [0.25, 0.3) is 0 Å². The molecular weight excluding hydrogens is 295 g/mol. The van der Waals surface area contributed by atoms with Crippen molar-refractivity contribution in [2.24, 2.45) is 0 Å². The Morgan fingerprint density at radius 2 is 1.68 bits per heavy atom. The molecule has 2 aromatic carbocycles. The van der Waals surface area contributed by atoms with Gasteiger partial charge in [-0.3, -0.25) is 0 Å². The zero-order valence-electron chi connectivity index (χ0n) is 11.6. The third-order valence-electron chi connectivity index (χ3n) is 3.23. The fourth-order valence-corrected chi connectivity index (χ4v) is 2.10. The Morgan fingerprint density at radius 3 is 2.32 bits per heavy atom. The summed E-state index contributed by atoms with van der Waals surface area (Å²) in [7, 11) is 1.58. The number of alkyl halides is 3. The smallest absolute Gasteiger partial charge is 0.416 e. The maximum atomic E-state index is 12.7. The Labute approximate surface area is 124 Å². The van der Waals surface area contributed by atoms with Crippen molar-refractivity contribution in [3.05, 3.63) is 53.6 Å². The summed E-state index contributed by atoms with van der Waals surface area (Å²) in [6.07, 6.45) is -4.38. The van der Waals surface area contributed by atoms with Crippen LogP contribution in [0.1, 0.15) is 11.1 Å². The molecule has 0 unspecified atom stereocenters. The molecule has 0 saturated carbocycles. The minimum absolute atomic E-state index is 0.225. The van der Waals surface area contributed by atoms with Crippen LogP contribution in [0.2, 0.25) is 0 Å². The van der Waals surface area contributed by atoms with Crippen LogP contribution in [0.25, 0.3) is 11.0 Å². The first-order chi connectivity index (χ1) is 10.5. The molecule has 0 N–H and O–H groups in total. The number of ether oxygens (including phenoxy) is 1. The Hall–Kier alpha value is -2.57. The lowest BCUT2D eigenvalue weighted by atomic mass is 10.2. The van der Waals surface area contributed by atoms with Crippen molar-refractivity contribution in [1.29, 1.82) is 0 Å². The lowest BCUT2D eigenvalue weighted by Crippen LogP contribution is -2.04. The van der Waals surface area contributed by atoms with Crippen molar-refractivity contribution in [2.75, 3.05) is 7.11 Å². The first-order valence-corrected chi connectivity index (χ1v) is 6.51. The van der Waals surface area contributed by atoms with Crippen LogP contribution in [0.5, 0.6) is 5.75 Å². The molecule has 0 spiro atoms. The van der Waals surface area contributed by atoms with Gasteiger partial charge in [-0.15, -0.1) is 0 Å². The van der Waals surface area contributed by atoms with Crippen LogP contribution in [0.4, 0.5) is 13.2 Å². The SMILES string of the molecule is COc1ccc(Cn2nc3ccc(C(F)(F)F)cc3n2)cc1. The number of hydrogen-bond donors (Lipinski definition) is 0. The molecule has 1 aromatic heterocycles. The third kappa shape index (κ3) is 2.88. The molecule has 22 heavy (non-hydrogen) atoms. The molecule has 0 bridgehead atoms. The Kier molecular flexibility index (Phi) is 3.48. The normalized spacial score (nSPS) is 11.8. The molecule has 0 atom stereocenters. The van der Waals surface area contributed by atoms with Crippen LogP contribution in [0.3, 0.4) is 0 Å². The number of halogens is 3. The van der Waals surface area contributed by atoms with Crippen LogP contribution < -0.4 is 4.74 Å². The minimum Gasteiger partial charge on any atom is -0.497 e. The van der Waals surface area contributed by atoms with Crippen LogP contribution in [0.15, 0.2) is 42.5 Å². The second-order valence-electron chi connectivity index (χ2n) is 4.78. The summed E-state index contributed by atoms with van der Waals surface area (Å²) in [6, 6.07) is 10.7. The van der Waals surface area contributed by atoms with E-state index in [0.717, 1.165) is 23.4 Å². The zero-order valence-corrected chi connectivity index (χ0v) is 11.6. The standard InChI is InChI=1S/C15H12F3N3O/c1-22-12-5-2-10(3-6-12)9-21-19-13-7-4-11(15(16,17)18)8-14(13)20-21/h2-8H,9H2,1H3. The quantitative estimate of drug-likeness (QED) is 0.743. The van der Waals surface area contributed by atoms with E-state index in [2.05, 4.69) is 10.2 Å². The first-order valence-electron chi connectivity index (χ1n) is 6.51. The van der Waals surface area contributed by atoms with E-state index in [-0.39, 0.29) is 5.52 Å². The lowest BCUT2D eigenvalue weighted by Gasteiger charge is -2.04. The molecule has 0 aliphatic heterocycles. The van der Waals surface area contributed by atoms with Gasteiger partial charge < -0.3 is 4.74 Å². The second kappa shape index (κ2) is 5.32. The summed E-state index contributed by atoms with van der Waals surface area (Å²) in [4.78, 5) is 1.38. The largest absolute Gasteiger partial charge is 0.497 e. The van der Waals surface area contributed by atoms with Gasteiger partial charge in [-0.2, -0.15) is 28.2 Å². The average Bonchev–Trinajstić information content (AvgIpc) is 2.88. The number of methoxy groups -OCH3 is 1. The average molecular weight is 307 g/mol. The molecule has 3 aromatic rings. The second-order valence-corrected chi connectivity index (χ2v) is 4.78. The van der Waals surface area contributed by atoms with E-state index < -0.39 is 11.7 Å². The van der Waals surface area contributed by atoms with E-state index in [9.17, 15) is 13.2 Å². The van der Waals surface area contributed by atoms with E-state index in [1.807, 2.05) is 12.1 Å². The van der Waals surface area contributed by atoms with Crippen LogP contribution in [0, 0.1) is 0 Å². The molecule has 0 aliphatic rings. The van der Waals surface area contributed by atoms with Gasteiger partial charge in [0.1, 0.15) is 16.8 Å². The first kappa shape index (κ1) is 14.4. The number of fused-ring (bicyclic) bond motifs is 1. The maximum Gasteiger partial charge on any atom is 0.416 e. The molecule has 0 aliphatic carbocycles. The van der Waals surface area contributed by atoms with E-state index in [1.165, 1.54) is 10.9 Å². The maximum absolute atomic E-state index is 12.7. The van der Waals surface area contributed by atoms with Gasteiger partial charge in [0, 0.05) is 0 Å². The summed E-state index contributed by atoms with van der Waals surface area (Å²) < 4.78 is 43.1. The molecule has 4 nitrogen and oxygen atoms in total. The zero-order chi connectivity index (χ0) is 15.7. The molecule has 1 heterocycles. The van der Waals surface area contributed by atoms with Gasteiger partial charge in [0.15, 0.2) is 0 Å². The lowest BCUT2D eigenvalue weighted by molar-refractivity contribution is -0.137. The number of aromatic nitrogens is 3. The van der Waals surface area contributed by atoms with Crippen LogP contribution >= 0.6 is 0 Å². The van der Waals surface area contributed by atoms with E-state index >= 15 is 0 Å². The summed E-state index contributed by atoms with van der Waals surface area (Å²) in [5, 5.41) is 8.28. The fourth-order valence-electron chi connectivity index (χ4n) is 2.10. The summed E-state index contributed by atoms with van der Waals surface area (Å²) in [5.74, 6) is 0.733. The highest BCUT2D eigenvalue weighted by Gasteiger charge is 2.30. The number of hydrogen-bond acceptors (Lipinski definition) is 3. The topological polar surface area (TPSA) is 39.9 Å². The molecule has 3 rings (SSSR count). The van der Waals surface area contributed by atoms with Gasteiger partial charge in [-0.25, -0.2) is 0 Å². The van der Waals surface area contributed by atoms with Crippen molar-refractivity contribution >= 4 is 11.0 Å².